The Kier molecular flexibility index (Phi) is 10.5. The van der Waals surface area contributed by atoms with E-state index in [4.69, 9.17) is 23.7 Å². The second kappa shape index (κ2) is 13.0. The van der Waals surface area contributed by atoms with E-state index in [-0.39, 0.29) is 0 Å². The first-order valence-corrected chi connectivity index (χ1v) is 11.1. The van der Waals surface area contributed by atoms with Crippen molar-refractivity contribution in [2.24, 2.45) is 0 Å². The fourth-order valence-corrected chi connectivity index (χ4v) is 4.00. The Morgan fingerprint density at radius 1 is 0.882 bits per heavy atom. The van der Waals surface area contributed by atoms with Crippen LogP contribution in [0.5, 0.6) is 23.0 Å². The number of methoxy groups -OCH3 is 5. The van der Waals surface area contributed by atoms with Gasteiger partial charge in [-0.15, -0.1) is 0 Å². The molecule has 1 N–H and O–H groups in total. The van der Waals surface area contributed by atoms with E-state index in [1.54, 1.807) is 39.5 Å². The van der Waals surface area contributed by atoms with Crippen LogP contribution in [0.1, 0.15) is 24.0 Å². The Labute approximate surface area is 202 Å². The monoisotopic (exact) mass is 472 g/mol. The third-order valence-electron chi connectivity index (χ3n) is 6.08. The van der Waals surface area contributed by atoms with Crippen molar-refractivity contribution >= 4 is 0 Å². The summed E-state index contributed by atoms with van der Waals surface area (Å²) in [5.74, 6) is 2.47. The van der Waals surface area contributed by atoms with Gasteiger partial charge in [0.15, 0.2) is 29.3 Å². The topological polar surface area (TPSA) is 93.4 Å². The molecule has 0 aliphatic heterocycles. The minimum absolute atomic E-state index is 0.411. The first-order chi connectivity index (χ1) is 16.4. The van der Waals surface area contributed by atoms with Crippen LogP contribution in [0.2, 0.25) is 0 Å². The fraction of sp³-hybridized carbons (Fsp3) is 0.500. The summed E-state index contributed by atoms with van der Waals surface area (Å²) in [6.07, 6.45) is 0.656. The number of ether oxygens (including phenoxy) is 5. The molecule has 0 spiro atoms. The number of hydrogen-bond donors (Lipinski definition) is 1. The number of hydrogen-bond acceptors (Lipinski definition) is 8. The molecule has 2 atom stereocenters. The highest BCUT2D eigenvalue weighted by atomic mass is 16.6. The third-order valence-corrected chi connectivity index (χ3v) is 6.08. The molecule has 0 aromatic heterocycles. The van der Waals surface area contributed by atoms with Gasteiger partial charge in [0.2, 0.25) is 0 Å². The SMILES string of the molecule is COc1ccc(CCN(C)CCCC(C#N)(c2ccc(OC)c(OC)c2)C(O)OC)cc1OC. The van der Waals surface area contributed by atoms with Crippen molar-refractivity contribution in [3.63, 3.8) is 0 Å². The minimum atomic E-state index is -1.28. The highest BCUT2D eigenvalue weighted by molar-refractivity contribution is 5.47. The van der Waals surface area contributed by atoms with Gasteiger partial charge >= 0.3 is 0 Å². The number of benzene rings is 2. The van der Waals surface area contributed by atoms with E-state index in [9.17, 15) is 10.4 Å². The summed E-state index contributed by atoms with van der Waals surface area (Å²) in [7, 11) is 9.77. The summed E-state index contributed by atoms with van der Waals surface area (Å²) in [6.45, 7) is 1.58. The first kappa shape index (κ1) is 27.3. The average molecular weight is 473 g/mol. The summed E-state index contributed by atoms with van der Waals surface area (Å²) in [4.78, 5) is 2.20. The number of likely N-dealkylation sites (N-methyl/N-ethyl adjacent to an activating group) is 1. The normalized spacial score (nSPS) is 13.6. The molecule has 0 amide bonds. The fourth-order valence-electron chi connectivity index (χ4n) is 4.00. The van der Waals surface area contributed by atoms with E-state index in [0.29, 0.717) is 41.4 Å². The molecule has 8 heteroatoms. The quantitative estimate of drug-likeness (QED) is 0.418. The van der Waals surface area contributed by atoms with Crippen molar-refractivity contribution in [3.8, 4) is 29.1 Å². The lowest BCUT2D eigenvalue weighted by Gasteiger charge is -2.32. The molecule has 0 fully saturated rings. The molecule has 0 heterocycles. The van der Waals surface area contributed by atoms with Gasteiger partial charge in [0.05, 0.1) is 34.5 Å². The average Bonchev–Trinajstić information content (AvgIpc) is 2.88. The van der Waals surface area contributed by atoms with Crippen molar-refractivity contribution < 1.29 is 28.8 Å². The van der Waals surface area contributed by atoms with Crippen LogP contribution in [0.25, 0.3) is 0 Å². The molecule has 0 aliphatic carbocycles. The zero-order chi connectivity index (χ0) is 25.1. The van der Waals surface area contributed by atoms with Crippen LogP contribution in [0.15, 0.2) is 36.4 Å². The molecule has 186 valence electrons. The zero-order valence-corrected chi connectivity index (χ0v) is 21.0. The molecular weight excluding hydrogens is 436 g/mol. The van der Waals surface area contributed by atoms with Crippen LogP contribution in [0.3, 0.4) is 0 Å². The van der Waals surface area contributed by atoms with Crippen molar-refractivity contribution in [2.45, 2.75) is 31.0 Å². The standard InChI is InChI=1S/C26H36N2O6/c1-28(15-12-19-8-10-21(30-2)23(16-19)32-4)14-7-13-26(18-27,25(29)34-6)20-9-11-22(31-3)24(17-20)33-5/h8-11,16-17,25,29H,7,12-15H2,1-6H3. The summed E-state index contributed by atoms with van der Waals surface area (Å²) >= 11 is 0. The van der Waals surface area contributed by atoms with Gasteiger partial charge in [-0.1, -0.05) is 12.1 Å². The number of aliphatic hydroxyl groups excluding tert-OH is 1. The van der Waals surface area contributed by atoms with Gasteiger partial charge in [-0.05, 0) is 68.2 Å². The van der Waals surface area contributed by atoms with E-state index >= 15 is 0 Å². The first-order valence-electron chi connectivity index (χ1n) is 11.1. The van der Waals surface area contributed by atoms with E-state index in [1.807, 2.05) is 25.2 Å². The zero-order valence-electron chi connectivity index (χ0n) is 21.0. The van der Waals surface area contributed by atoms with Crippen LogP contribution in [-0.4, -0.2) is 72.0 Å². The van der Waals surface area contributed by atoms with E-state index < -0.39 is 11.7 Å². The maximum absolute atomic E-state index is 10.7. The van der Waals surface area contributed by atoms with Gasteiger partial charge < -0.3 is 33.7 Å². The second-order valence-electron chi connectivity index (χ2n) is 8.09. The predicted molar refractivity (Wildman–Crippen MR) is 130 cm³/mol. The van der Waals surface area contributed by atoms with Gasteiger partial charge in [0.1, 0.15) is 5.41 Å². The molecule has 0 radical (unpaired) electrons. The molecule has 0 bridgehead atoms. The lowest BCUT2D eigenvalue weighted by atomic mass is 9.77. The van der Waals surface area contributed by atoms with Crippen LogP contribution in [0.4, 0.5) is 0 Å². The smallest absolute Gasteiger partial charge is 0.177 e. The van der Waals surface area contributed by atoms with Crippen molar-refractivity contribution in [3.05, 3.63) is 47.5 Å². The Morgan fingerprint density at radius 2 is 1.47 bits per heavy atom. The predicted octanol–water partition coefficient (Wildman–Crippen LogP) is 3.40. The Hall–Kier alpha value is -2.99. The minimum Gasteiger partial charge on any atom is -0.493 e. The molecular formula is C26H36N2O6. The Morgan fingerprint density at radius 3 is 2.03 bits per heavy atom. The van der Waals surface area contributed by atoms with Crippen molar-refractivity contribution in [1.82, 2.24) is 4.90 Å². The summed E-state index contributed by atoms with van der Waals surface area (Å²) in [5, 5.41) is 20.8. The molecule has 2 unspecified atom stereocenters. The molecule has 0 saturated heterocycles. The van der Waals surface area contributed by atoms with E-state index in [2.05, 4.69) is 11.0 Å². The Balaban J connectivity index is 2.06. The highest BCUT2D eigenvalue weighted by Gasteiger charge is 2.41. The number of aliphatic hydroxyl groups is 1. The lowest BCUT2D eigenvalue weighted by molar-refractivity contribution is -0.114. The number of nitriles is 1. The van der Waals surface area contributed by atoms with Crippen LogP contribution >= 0.6 is 0 Å². The van der Waals surface area contributed by atoms with Crippen LogP contribution < -0.4 is 18.9 Å². The summed E-state index contributed by atoms with van der Waals surface area (Å²) < 4.78 is 26.6. The molecule has 2 rings (SSSR count). The lowest BCUT2D eigenvalue weighted by Crippen LogP contribution is -2.40. The summed E-state index contributed by atoms with van der Waals surface area (Å²) in [6, 6.07) is 13.5. The molecule has 0 aliphatic rings. The molecule has 8 nitrogen and oxygen atoms in total. The molecule has 34 heavy (non-hydrogen) atoms. The summed E-state index contributed by atoms with van der Waals surface area (Å²) in [5.41, 5.74) is 0.532. The molecule has 2 aromatic rings. The van der Waals surface area contributed by atoms with E-state index in [1.165, 1.54) is 14.2 Å². The van der Waals surface area contributed by atoms with Gasteiger partial charge in [-0.25, -0.2) is 0 Å². The maximum Gasteiger partial charge on any atom is 0.177 e. The molecule has 2 aromatic carbocycles. The van der Waals surface area contributed by atoms with Gasteiger partial charge in [-0.3, -0.25) is 0 Å². The Bertz CT molecular complexity index is 961. The van der Waals surface area contributed by atoms with Gasteiger partial charge in [-0.2, -0.15) is 5.26 Å². The van der Waals surface area contributed by atoms with Gasteiger partial charge in [0, 0.05) is 13.7 Å². The maximum atomic E-state index is 10.7. The van der Waals surface area contributed by atoms with Crippen LogP contribution in [-0.2, 0) is 16.6 Å². The third kappa shape index (κ3) is 6.32. The largest absolute Gasteiger partial charge is 0.493 e. The van der Waals surface area contributed by atoms with E-state index in [0.717, 1.165) is 25.1 Å². The van der Waals surface area contributed by atoms with Crippen LogP contribution in [0, 0.1) is 11.3 Å². The second-order valence-corrected chi connectivity index (χ2v) is 8.09. The number of rotatable bonds is 14. The highest BCUT2D eigenvalue weighted by Crippen LogP contribution is 2.38. The van der Waals surface area contributed by atoms with Gasteiger partial charge in [0.25, 0.3) is 0 Å². The number of nitrogens with zero attached hydrogens (tertiary/aromatic N) is 2. The molecule has 0 saturated carbocycles. The van der Waals surface area contributed by atoms with Crippen molar-refractivity contribution in [2.75, 3.05) is 55.7 Å². The van der Waals surface area contributed by atoms with Crippen molar-refractivity contribution in [1.29, 1.82) is 5.26 Å².